The Morgan fingerprint density at radius 2 is 1.90 bits per heavy atom. The minimum atomic E-state index is -1.07. The van der Waals surface area contributed by atoms with Gasteiger partial charge in [-0.2, -0.15) is 0 Å². The predicted molar refractivity (Wildman–Crippen MR) is 107 cm³/mol. The second kappa shape index (κ2) is 6.18. The fourth-order valence-electron chi connectivity index (χ4n) is 8.21. The number of fused-ring (bicyclic) bond motifs is 6. The van der Waals surface area contributed by atoms with Crippen molar-refractivity contribution in [3.05, 3.63) is 11.6 Å². The number of rotatable bonds is 1. The van der Waals surface area contributed by atoms with E-state index in [9.17, 15) is 19.5 Å². The maximum Gasteiger partial charge on any atom is 0.309 e. The van der Waals surface area contributed by atoms with Crippen LogP contribution in [0, 0.1) is 28.6 Å². The molecule has 1 aliphatic heterocycles. The lowest BCUT2D eigenvalue weighted by Crippen LogP contribution is -2.67. The number of ether oxygens (including phenoxy) is 2. The molecule has 2 unspecified atom stereocenters. The Balaban J connectivity index is 1.63. The van der Waals surface area contributed by atoms with E-state index in [0.717, 1.165) is 31.3 Å². The van der Waals surface area contributed by atoms with Crippen molar-refractivity contribution in [3.63, 3.8) is 0 Å². The number of ketones is 1. The topological polar surface area (TPSA) is 89.9 Å². The molecule has 0 aromatic rings. The van der Waals surface area contributed by atoms with Crippen LogP contribution in [0.5, 0.6) is 0 Å². The highest BCUT2D eigenvalue weighted by Gasteiger charge is 2.73. The highest BCUT2D eigenvalue weighted by Crippen LogP contribution is 2.71. The van der Waals surface area contributed by atoms with Crippen molar-refractivity contribution >= 4 is 17.7 Å². The first-order valence-corrected chi connectivity index (χ1v) is 11.4. The zero-order valence-corrected chi connectivity index (χ0v) is 18.2. The van der Waals surface area contributed by atoms with E-state index in [2.05, 4.69) is 13.8 Å². The van der Waals surface area contributed by atoms with Gasteiger partial charge in [0.15, 0.2) is 5.78 Å². The van der Waals surface area contributed by atoms with Crippen LogP contribution in [0.1, 0.15) is 71.6 Å². The average Bonchev–Trinajstić information content (AvgIpc) is 3.23. The van der Waals surface area contributed by atoms with Crippen molar-refractivity contribution in [1.29, 1.82) is 0 Å². The lowest BCUT2D eigenvalue weighted by atomic mass is 9.42. The lowest BCUT2D eigenvalue weighted by Gasteiger charge is -2.64. The molecule has 0 aromatic heterocycles. The Labute approximate surface area is 177 Å². The van der Waals surface area contributed by atoms with Crippen molar-refractivity contribution in [2.24, 2.45) is 28.6 Å². The van der Waals surface area contributed by atoms with Crippen LogP contribution in [-0.2, 0) is 23.9 Å². The van der Waals surface area contributed by atoms with Crippen LogP contribution >= 0.6 is 0 Å². The first-order chi connectivity index (χ1) is 14.1. The van der Waals surface area contributed by atoms with E-state index in [1.807, 2.05) is 0 Å². The van der Waals surface area contributed by atoms with Gasteiger partial charge in [-0.05, 0) is 56.9 Å². The molecule has 3 saturated carbocycles. The first-order valence-electron chi connectivity index (χ1n) is 11.4. The third kappa shape index (κ3) is 2.26. The maximum absolute atomic E-state index is 13.0. The van der Waals surface area contributed by atoms with Crippen molar-refractivity contribution in [2.75, 3.05) is 7.11 Å². The number of methoxy groups -OCH3 is 1. The summed E-state index contributed by atoms with van der Waals surface area (Å²) >= 11 is 0. The standard InChI is InChI=1S/C24H32O6/c1-21-7-4-15(25)12-14(21)13-16(20(27)29-3)19-17-5-8-23(9-6-18(26)30-23)22(17,2)10-11-24(19,21)28/h12,16-17,19,28H,4-11,13H2,1-3H3/t16-,17+,19+,21?,22?,23-,24-/m1/s1. The van der Waals surface area contributed by atoms with Crippen LogP contribution in [0.3, 0.4) is 0 Å². The minimum absolute atomic E-state index is 0.0715. The summed E-state index contributed by atoms with van der Waals surface area (Å²) in [5, 5.41) is 12.3. The van der Waals surface area contributed by atoms with Gasteiger partial charge < -0.3 is 14.6 Å². The molecular weight excluding hydrogens is 384 g/mol. The van der Waals surface area contributed by atoms with Crippen LogP contribution in [0.2, 0.25) is 0 Å². The molecule has 4 aliphatic carbocycles. The van der Waals surface area contributed by atoms with Crippen LogP contribution in [0.4, 0.5) is 0 Å². The number of aliphatic hydroxyl groups is 1. The number of carbonyl (C=O) groups excluding carboxylic acids is 3. The largest absolute Gasteiger partial charge is 0.469 e. The first kappa shape index (κ1) is 20.2. The summed E-state index contributed by atoms with van der Waals surface area (Å²) in [5.74, 6) is -1.05. The Morgan fingerprint density at radius 3 is 2.57 bits per heavy atom. The van der Waals surface area contributed by atoms with Crippen LogP contribution in [0.25, 0.3) is 0 Å². The van der Waals surface area contributed by atoms with Gasteiger partial charge in [0.25, 0.3) is 0 Å². The number of hydrogen-bond acceptors (Lipinski definition) is 6. The number of hydrogen-bond donors (Lipinski definition) is 1. The van der Waals surface area contributed by atoms with E-state index in [1.54, 1.807) is 6.08 Å². The van der Waals surface area contributed by atoms with Crippen LogP contribution < -0.4 is 0 Å². The average molecular weight is 417 g/mol. The number of esters is 2. The second-order valence-corrected chi connectivity index (χ2v) is 10.8. The Kier molecular flexibility index (Phi) is 4.17. The predicted octanol–water partition coefficient (Wildman–Crippen LogP) is 3.11. The molecule has 0 aromatic carbocycles. The zero-order chi connectivity index (χ0) is 21.5. The Morgan fingerprint density at radius 1 is 1.13 bits per heavy atom. The van der Waals surface area contributed by atoms with E-state index in [4.69, 9.17) is 9.47 Å². The summed E-state index contributed by atoms with van der Waals surface area (Å²) in [5.41, 5.74) is -1.42. The van der Waals surface area contributed by atoms with E-state index in [1.165, 1.54) is 7.11 Å². The molecule has 0 bridgehead atoms. The SMILES string of the molecule is COC(=O)[C@@H]1CC2=CC(=O)CCC2(C)[C@@]2(O)CCC3(C)[C@@H](CC[C@@]34CCC(=O)O4)[C@H]12. The van der Waals surface area contributed by atoms with Crippen molar-refractivity contribution < 1.29 is 29.0 Å². The van der Waals surface area contributed by atoms with Crippen molar-refractivity contribution in [3.8, 4) is 0 Å². The fourth-order valence-corrected chi connectivity index (χ4v) is 8.21. The molecule has 0 amide bonds. The third-order valence-electron chi connectivity index (χ3n) is 10.0. The van der Waals surface area contributed by atoms with E-state index in [0.29, 0.717) is 32.1 Å². The van der Waals surface area contributed by atoms with Gasteiger partial charge >= 0.3 is 11.9 Å². The number of carbonyl (C=O) groups is 3. The normalized spacial score (nSPS) is 49.7. The van der Waals surface area contributed by atoms with Gasteiger partial charge in [0.05, 0.1) is 18.6 Å². The van der Waals surface area contributed by atoms with Gasteiger partial charge in [0.2, 0.25) is 0 Å². The molecule has 30 heavy (non-hydrogen) atoms. The molecule has 1 N–H and O–H groups in total. The molecule has 1 saturated heterocycles. The van der Waals surface area contributed by atoms with Gasteiger partial charge in [-0.1, -0.05) is 19.4 Å². The fraction of sp³-hybridized carbons (Fsp3) is 0.792. The van der Waals surface area contributed by atoms with Gasteiger partial charge in [0.1, 0.15) is 5.60 Å². The molecule has 6 heteroatoms. The molecule has 1 heterocycles. The molecular formula is C24H32O6. The molecule has 4 fully saturated rings. The third-order valence-corrected chi connectivity index (χ3v) is 10.0. The summed E-state index contributed by atoms with van der Waals surface area (Å²) in [7, 11) is 1.40. The highest BCUT2D eigenvalue weighted by atomic mass is 16.6. The second-order valence-electron chi connectivity index (χ2n) is 10.8. The minimum Gasteiger partial charge on any atom is -0.469 e. The Bertz CT molecular complexity index is 862. The summed E-state index contributed by atoms with van der Waals surface area (Å²) < 4.78 is 11.2. The van der Waals surface area contributed by atoms with Crippen molar-refractivity contribution in [1.82, 2.24) is 0 Å². The summed E-state index contributed by atoms with van der Waals surface area (Å²) in [6.07, 6.45) is 7.27. The molecule has 164 valence electrons. The quantitative estimate of drug-likeness (QED) is 0.661. The van der Waals surface area contributed by atoms with Gasteiger partial charge in [0, 0.05) is 29.6 Å². The van der Waals surface area contributed by atoms with E-state index < -0.39 is 22.5 Å². The monoisotopic (exact) mass is 416 g/mol. The molecule has 5 aliphatic rings. The van der Waals surface area contributed by atoms with Gasteiger partial charge in [-0.15, -0.1) is 0 Å². The highest BCUT2D eigenvalue weighted by molar-refractivity contribution is 5.92. The Hall–Kier alpha value is -1.69. The van der Waals surface area contributed by atoms with E-state index >= 15 is 0 Å². The molecule has 1 spiro atoms. The summed E-state index contributed by atoms with van der Waals surface area (Å²) in [4.78, 5) is 37.2. The molecule has 5 rings (SSSR count). The molecule has 6 nitrogen and oxygen atoms in total. The molecule has 7 atom stereocenters. The smallest absolute Gasteiger partial charge is 0.309 e. The summed E-state index contributed by atoms with van der Waals surface area (Å²) in [6.45, 7) is 4.28. The van der Waals surface area contributed by atoms with Crippen molar-refractivity contribution in [2.45, 2.75) is 82.8 Å². The van der Waals surface area contributed by atoms with Crippen LogP contribution in [0.15, 0.2) is 11.6 Å². The summed E-state index contributed by atoms with van der Waals surface area (Å²) in [6, 6.07) is 0. The van der Waals surface area contributed by atoms with E-state index in [-0.39, 0.29) is 35.0 Å². The van der Waals surface area contributed by atoms with Gasteiger partial charge in [-0.3, -0.25) is 14.4 Å². The lowest BCUT2D eigenvalue weighted by molar-refractivity contribution is -0.229. The maximum atomic E-state index is 13.0. The molecule has 0 radical (unpaired) electrons. The van der Waals surface area contributed by atoms with Gasteiger partial charge in [-0.25, -0.2) is 0 Å². The van der Waals surface area contributed by atoms with Crippen LogP contribution in [-0.4, -0.2) is 41.1 Å². The zero-order valence-electron chi connectivity index (χ0n) is 18.2.